The summed E-state index contributed by atoms with van der Waals surface area (Å²) >= 11 is 6.32. The summed E-state index contributed by atoms with van der Waals surface area (Å²) in [5.74, 6) is -1.55. The van der Waals surface area contributed by atoms with Gasteiger partial charge in [-0.1, -0.05) is 44.2 Å². The molecule has 2 heterocycles. The fourth-order valence-electron chi connectivity index (χ4n) is 6.01. The Morgan fingerprint density at radius 3 is 2.50 bits per heavy atom. The van der Waals surface area contributed by atoms with Crippen LogP contribution in [0.2, 0.25) is 0 Å². The predicted octanol–water partition coefficient (Wildman–Crippen LogP) is 3.02. The van der Waals surface area contributed by atoms with Crippen molar-refractivity contribution in [2.75, 3.05) is 14.2 Å². The second kappa shape index (κ2) is 15.2. The van der Waals surface area contributed by atoms with Gasteiger partial charge in [-0.05, 0) is 56.4 Å². The molecule has 12 heteroatoms. The molecule has 0 saturated heterocycles. The number of aliphatic hydroxyl groups is 2. The number of nitrogens with one attached hydrogen (secondary N) is 1. The SMILES string of the molecule is COC1/C=C\C=C(\C)C(=O)NC2=C(O)C(CC(C)CC(OC)C(O)C(C)/C=C(/C)C1OC(N)=O)c1nc3c(nc1=C2)C=CC(Cl)C=3. The van der Waals surface area contributed by atoms with E-state index in [1.165, 1.54) is 7.11 Å². The molecule has 5 N–H and O–H groups in total. The number of fused-ring (bicyclic) bond motifs is 4. The summed E-state index contributed by atoms with van der Waals surface area (Å²) in [6, 6.07) is 0. The minimum Gasteiger partial charge on any atom is -0.509 e. The third-order valence-electron chi connectivity index (χ3n) is 8.52. The summed E-state index contributed by atoms with van der Waals surface area (Å²) in [4.78, 5) is 34.8. The maximum atomic E-state index is 13.3. The second-order valence-corrected chi connectivity index (χ2v) is 12.6. The van der Waals surface area contributed by atoms with Gasteiger partial charge in [0.05, 0.1) is 51.3 Å². The van der Waals surface area contributed by atoms with E-state index in [4.69, 9.17) is 41.5 Å². The summed E-state index contributed by atoms with van der Waals surface area (Å²) in [6.07, 6.45) is 10.5. The number of rotatable bonds is 3. The van der Waals surface area contributed by atoms with Crippen LogP contribution < -0.4 is 21.7 Å². The van der Waals surface area contributed by atoms with Crippen molar-refractivity contribution < 1.29 is 34.0 Å². The first-order chi connectivity index (χ1) is 21.8. The molecule has 11 nitrogen and oxygen atoms in total. The van der Waals surface area contributed by atoms with Gasteiger partial charge in [-0.25, -0.2) is 14.8 Å². The number of methoxy groups -OCH3 is 2. The van der Waals surface area contributed by atoms with Crippen LogP contribution in [0.15, 0.2) is 53.0 Å². The molecule has 248 valence electrons. The third kappa shape index (κ3) is 8.14. The Morgan fingerprint density at radius 2 is 1.83 bits per heavy atom. The fraction of sp³-hybridized carbons (Fsp3) is 0.471. The molecule has 0 radical (unpaired) electrons. The maximum absolute atomic E-state index is 13.3. The molecule has 2 aliphatic carbocycles. The highest BCUT2D eigenvalue weighted by molar-refractivity contribution is 6.25. The molecule has 2 bridgehead atoms. The van der Waals surface area contributed by atoms with Crippen LogP contribution in [0.3, 0.4) is 0 Å². The van der Waals surface area contributed by atoms with Crippen molar-refractivity contribution in [1.29, 1.82) is 0 Å². The number of hydrogen-bond donors (Lipinski definition) is 4. The standard InChI is InChI=1S/C34H43ClN4O7/c1-17-12-22-29-25(37-23-11-10-21(35)15-24(23)38-29)16-26(31(22)41)39-33(42)18(2)8-7-9-27(44-5)32(46-34(36)43)20(4)14-19(3)30(40)28(13-17)45-6/h7-11,14-17,19,21-22,27-28,30,32,40-41H,12-13H2,1-6H3,(H2,36,43)(H,39,42)/b9-7-,18-8-,20-14-. The van der Waals surface area contributed by atoms with Crippen LogP contribution in [0.1, 0.15) is 57.8 Å². The molecule has 3 aliphatic rings. The number of ether oxygens (including phenoxy) is 3. The van der Waals surface area contributed by atoms with Gasteiger partial charge in [-0.3, -0.25) is 4.79 Å². The quantitative estimate of drug-likeness (QED) is 0.283. The van der Waals surface area contributed by atoms with Gasteiger partial charge in [0.25, 0.3) is 5.91 Å². The van der Waals surface area contributed by atoms with E-state index in [0.717, 1.165) is 0 Å². The summed E-state index contributed by atoms with van der Waals surface area (Å²) in [5.41, 5.74) is 7.78. The second-order valence-electron chi connectivity index (χ2n) is 12.1. The number of carbonyl (C=O) groups is 2. The number of nitrogens with two attached hydrogens (primary N) is 1. The van der Waals surface area contributed by atoms with Crippen LogP contribution in [0.5, 0.6) is 0 Å². The van der Waals surface area contributed by atoms with E-state index in [1.807, 2.05) is 26.0 Å². The molecule has 8 atom stereocenters. The zero-order valence-corrected chi connectivity index (χ0v) is 27.7. The molecule has 1 aromatic heterocycles. The Labute approximate surface area is 273 Å². The molecule has 0 fully saturated rings. The van der Waals surface area contributed by atoms with Gasteiger partial charge < -0.3 is 35.5 Å². The molecule has 1 aliphatic heterocycles. The van der Waals surface area contributed by atoms with Crippen LogP contribution >= 0.6 is 11.6 Å². The summed E-state index contributed by atoms with van der Waals surface area (Å²) in [5, 5.41) is 26.6. The van der Waals surface area contributed by atoms with Gasteiger partial charge in [0.1, 0.15) is 11.9 Å². The van der Waals surface area contributed by atoms with Gasteiger partial charge in [0.2, 0.25) is 0 Å². The number of halogens is 1. The summed E-state index contributed by atoms with van der Waals surface area (Å²) < 4.78 is 16.8. The lowest BCUT2D eigenvalue weighted by molar-refractivity contribution is -0.116. The number of hydrogen-bond acceptors (Lipinski definition) is 9. The van der Waals surface area contributed by atoms with E-state index in [2.05, 4.69) is 5.32 Å². The number of primary amides is 1. The lowest BCUT2D eigenvalue weighted by Gasteiger charge is -2.31. The molecule has 4 rings (SSSR count). The van der Waals surface area contributed by atoms with Crippen molar-refractivity contribution in [1.82, 2.24) is 15.3 Å². The van der Waals surface area contributed by atoms with Crippen molar-refractivity contribution in [3.8, 4) is 0 Å². The number of alkyl halides is 1. The summed E-state index contributed by atoms with van der Waals surface area (Å²) in [7, 11) is 3.00. The number of nitrogens with zero attached hydrogens (tertiary/aromatic N) is 2. The van der Waals surface area contributed by atoms with E-state index in [-0.39, 0.29) is 22.8 Å². The van der Waals surface area contributed by atoms with Gasteiger partial charge in [0, 0.05) is 25.7 Å². The Balaban J connectivity index is 1.81. The highest BCUT2D eigenvalue weighted by Gasteiger charge is 2.33. The average molecular weight is 655 g/mol. The maximum Gasteiger partial charge on any atom is 0.405 e. The van der Waals surface area contributed by atoms with E-state index in [9.17, 15) is 19.8 Å². The van der Waals surface area contributed by atoms with Gasteiger partial charge in [0.15, 0.2) is 6.10 Å². The molecular weight excluding hydrogens is 612 g/mol. The minimum absolute atomic E-state index is 0.0377. The normalized spacial score (nSPS) is 33.5. The molecule has 0 saturated carbocycles. The first-order valence-electron chi connectivity index (χ1n) is 15.2. The van der Waals surface area contributed by atoms with E-state index < -0.39 is 48.3 Å². The Kier molecular flexibility index (Phi) is 11.6. The number of amides is 2. The highest BCUT2D eigenvalue weighted by Crippen LogP contribution is 2.33. The minimum atomic E-state index is -0.979. The van der Waals surface area contributed by atoms with Crippen LogP contribution in [0, 0.1) is 11.8 Å². The van der Waals surface area contributed by atoms with Crippen molar-refractivity contribution in [2.24, 2.45) is 17.6 Å². The Hall–Kier alpha value is -3.77. The Bertz CT molecular complexity index is 1620. The number of aliphatic hydroxyl groups excluding tert-OH is 2. The van der Waals surface area contributed by atoms with E-state index in [1.54, 1.807) is 57.4 Å². The molecule has 0 aromatic carbocycles. The van der Waals surface area contributed by atoms with Crippen molar-refractivity contribution in [3.05, 3.63) is 75.1 Å². The first-order valence-corrected chi connectivity index (χ1v) is 15.7. The molecular formula is C34H43ClN4O7. The van der Waals surface area contributed by atoms with Gasteiger partial charge in [-0.15, -0.1) is 11.6 Å². The van der Waals surface area contributed by atoms with Gasteiger partial charge >= 0.3 is 6.09 Å². The largest absolute Gasteiger partial charge is 0.509 e. The van der Waals surface area contributed by atoms with E-state index in [0.29, 0.717) is 46.1 Å². The lowest BCUT2D eigenvalue weighted by Crippen LogP contribution is -2.38. The monoisotopic (exact) mass is 654 g/mol. The topological polar surface area (TPSA) is 166 Å². The Morgan fingerprint density at radius 1 is 1.09 bits per heavy atom. The zero-order valence-electron chi connectivity index (χ0n) is 26.9. The summed E-state index contributed by atoms with van der Waals surface area (Å²) in [6.45, 7) is 7.25. The third-order valence-corrected chi connectivity index (χ3v) is 8.79. The zero-order chi connectivity index (χ0) is 33.7. The van der Waals surface area contributed by atoms with Crippen LogP contribution in [-0.4, -0.2) is 76.2 Å². The molecule has 0 spiro atoms. The van der Waals surface area contributed by atoms with Gasteiger partial charge in [-0.2, -0.15) is 0 Å². The predicted molar refractivity (Wildman–Crippen MR) is 176 cm³/mol. The number of carbonyl (C=O) groups excluding carboxylic acids is 2. The number of allylic oxidation sites excluding steroid dienone is 5. The first kappa shape index (κ1) is 35.1. The van der Waals surface area contributed by atoms with Crippen LogP contribution in [0.25, 0.3) is 18.2 Å². The smallest absolute Gasteiger partial charge is 0.405 e. The fourth-order valence-corrected chi connectivity index (χ4v) is 6.20. The van der Waals surface area contributed by atoms with Crippen molar-refractivity contribution >= 4 is 41.8 Å². The van der Waals surface area contributed by atoms with Crippen LogP contribution in [0.4, 0.5) is 4.79 Å². The molecule has 46 heavy (non-hydrogen) atoms. The van der Waals surface area contributed by atoms with Crippen LogP contribution in [-0.2, 0) is 19.0 Å². The van der Waals surface area contributed by atoms with Crippen molar-refractivity contribution in [3.63, 3.8) is 0 Å². The molecule has 1 aromatic rings. The van der Waals surface area contributed by atoms with E-state index >= 15 is 0 Å². The molecule has 8 unspecified atom stereocenters. The van der Waals surface area contributed by atoms with Crippen molar-refractivity contribution in [2.45, 2.75) is 76.2 Å². The average Bonchev–Trinajstić information content (AvgIpc) is 3.01. The number of aromatic nitrogens is 2. The highest BCUT2D eigenvalue weighted by atomic mass is 35.5. The molecule has 2 amide bonds. The lowest BCUT2D eigenvalue weighted by atomic mass is 9.83.